The minimum atomic E-state index is -0.247. The second-order valence-corrected chi connectivity index (χ2v) is 4.80. The maximum absolute atomic E-state index is 11.5. The van der Waals surface area contributed by atoms with Crippen molar-refractivity contribution in [3.8, 4) is 0 Å². The summed E-state index contributed by atoms with van der Waals surface area (Å²) in [6, 6.07) is -0.330. The summed E-state index contributed by atoms with van der Waals surface area (Å²) in [4.78, 5) is 26.1. The van der Waals surface area contributed by atoms with Crippen LogP contribution in [0.25, 0.3) is 0 Å². The van der Waals surface area contributed by atoms with Crippen LogP contribution in [0.1, 0.15) is 13.8 Å². The van der Waals surface area contributed by atoms with Gasteiger partial charge >= 0.3 is 12.1 Å². The van der Waals surface area contributed by atoms with Crippen LogP contribution in [0.5, 0.6) is 0 Å². The zero-order valence-corrected chi connectivity index (χ0v) is 12.7. The molecule has 94 valence electrons. The maximum Gasteiger partial charge on any atom is 0.318 e. The first-order valence-corrected chi connectivity index (χ1v) is 6.61. The van der Waals surface area contributed by atoms with Gasteiger partial charge in [-0.2, -0.15) is 0 Å². The smallest absolute Gasteiger partial charge is 0.318 e. The highest BCUT2D eigenvalue weighted by Crippen LogP contribution is 1.86. The van der Waals surface area contributed by atoms with Gasteiger partial charge in [0.2, 0.25) is 0 Å². The van der Waals surface area contributed by atoms with Gasteiger partial charge in [-0.3, -0.25) is 0 Å². The second kappa shape index (κ2) is 7.10. The Morgan fingerprint density at radius 1 is 1.06 bits per heavy atom. The largest absolute Gasteiger partial charge is 0.328 e. The Kier molecular flexibility index (Phi) is 6.55. The van der Waals surface area contributed by atoms with Crippen molar-refractivity contribution in [2.45, 2.75) is 19.6 Å². The van der Waals surface area contributed by atoms with Crippen molar-refractivity contribution in [3.05, 3.63) is 0 Å². The van der Waals surface area contributed by atoms with E-state index in [1.165, 1.54) is 0 Å². The van der Waals surface area contributed by atoms with Crippen molar-refractivity contribution in [1.82, 2.24) is 20.4 Å². The summed E-state index contributed by atoms with van der Waals surface area (Å²) < 4.78 is 0. The molecular formula is C9H22N4O2Si. The van der Waals surface area contributed by atoms with Gasteiger partial charge in [-0.25, -0.2) is 9.59 Å². The number of urea groups is 2. The lowest BCUT2D eigenvalue weighted by atomic mass is 10.6. The van der Waals surface area contributed by atoms with E-state index < -0.39 is 0 Å². The fraction of sp³-hybridized carbons (Fsp3) is 0.778. The second-order valence-electron chi connectivity index (χ2n) is 3.65. The van der Waals surface area contributed by atoms with Gasteiger partial charge in [0.05, 0.1) is 16.0 Å². The number of amides is 4. The van der Waals surface area contributed by atoms with Gasteiger partial charge in [0.15, 0.2) is 0 Å². The number of hydrogen-bond acceptors (Lipinski definition) is 2. The monoisotopic (exact) mass is 246 g/mol. The van der Waals surface area contributed by atoms with Gasteiger partial charge in [0.1, 0.15) is 0 Å². The number of rotatable bonds is 4. The van der Waals surface area contributed by atoms with Gasteiger partial charge in [-0.1, -0.05) is 0 Å². The van der Waals surface area contributed by atoms with Crippen LogP contribution < -0.4 is 10.6 Å². The van der Waals surface area contributed by atoms with Crippen LogP contribution in [0.2, 0.25) is 0 Å². The van der Waals surface area contributed by atoms with E-state index in [0.717, 1.165) is 0 Å². The van der Waals surface area contributed by atoms with Crippen molar-refractivity contribution in [1.29, 1.82) is 0 Å². The van der Waals surface area contributed by atoms with Crippen molar-refractivity contribution in [2.24, 2.45) is 0 Å². The number of nitrogens with one attached hydrogen (secondary N) is 2. The van der Waals surface area contributed by atoms with Crippen LogP contribution in [0.4, 0.5) is 9.59 Å². The lowest BCUT2D eigenvalue weighted by molar-refractivity contribution is 0.200. The van der Waals surface area contributed by atoms with E-state index in [4.69, 9.17) is 0 Å². The zero-order chi connectivity index (χ0) is 12.7. The Balaban J connectivity index is 4.03. The summed E-state index contributed by atoms with van der Waals surface area (Å²) in [5.74, 6) is -0.247. The Morgan fingerprint density at radius 3 is 1.62 bits per heavy atom. The van der Waals surface area contributed by atoms with Crippen LogP contribution in [-0.2, 0) is 0 Å². The highest BCUT2D eigenvalue weighted by atomic mass is 28.1. The molecule has 0 bridgehead atoms. The number of nitrogens with zero attached hydrogens (tertiary/aromatic N) is 2. The predicted octanol–water partition coefficient (Wildman–Crippen LogP) is -1.04. The van der Waals surface area contributed by atoms with E-state index in [2.05, 4.69) is 10.6 Å². The number of carbonyl (C=O) groups excluding carboxylic acids is 2. The molecular weight excluding hydrogens is 224 g/mol. The SMILES string of the molecule is CCN(C)C(=O)NC([SiH3])NC(=O)N(C)CC. The van der Waals surface area contributed by atoms with Crippen LogP contribution in [0.15, 0.2) is 0 Å². The molecule has 0 fully saturated rings. The minimum Gasteiger partial charge on any atom is -0.328 e. The van der Waals surface area contributed by atoms with Gasteiger partial charge in [0.25, 0.3) is 0 Å². The van der Waals surface area contributed by atoms with Crippen LogP contribution >= 0.6 is 0 Å². The molecule has 0 rings (SSSR count). The van der Waals surface area contributed by atoms with E-state index in [1.807, 2.05) is 13.8 Å². The third kappa shape index (κ3) is 5.01. The standard InChI is InChI=1S/C9H22N4O2Si/c1-5-12(3)8(14)10-7(16)11-9(15)13(4)6-2/h7H,5-6H2,1-4,16H3,(H,10,14)(H,11,15). The van der Waals surface area contributed by atoms with Gasteiger partial charge < -0.3 is 20.4 Å². The molecule has 2 N–H and O–H groups in total. The molecule has 0 heterocycles. The Morgan fingerprint density at radius 2 is 1.38 bits per heavy atom. The summed E-state index contributed by atoms with van der Waals surface area (Å²) >= 11 is 0. The van der Waals surface area contributed by atoms with Gasteiger partial charge in [0, 0.05) is 27.2 Å². The van der Waals surface area contributed by atoms with E-state index in [1.54, 1.807) is 23.9 Å². The predicted molar refractivity (Wildman–Crippen MR) is 67.4 cm³/mol. The fourth-order valence-electron chi connectivity index (χ4n) is 0.914. The van der Waals surface area contributed by atoms with Gasteiger partial charge in [-0.15, -0.1) is 0 Å². The molecule has 0 aliphatic heterocycles. The first-order chi connectivity index (χ1) is 7.42. The third-order valence-electron chi connectivity index (χ3n) is 2.32. The van der Waals surface area contributed by atoms with E-state index >= 15 is 0 Å². The normalized spacial score (nSPS) is 10.1. The first kappa shape index (κ1) is 14.8. The third-order valence-corrected chi connectivity index (χ3v) is 2.90. The molecule has 7 heteroatoms. The number of hydrogen-bond donors (Lipinski definition) is 2. The summed E-state index contributed by atoms with van der Waals surface area (Å²) in [7, 11) is 4.09. The molecule has 0 radical (unpaired) electrons. The molecule has 0 saturated carbocycles. The average Bonchev–Trinajstić information content (AvgIpc) is 2.26. The number of carbonyl (C=O) groups is 2. The first-order valence-electron chi connectivity index (χ1n) is 5.45. The van der Waals surface area contributed by atoms with E-state index in [9.17, 15) is 9.59 Å². The molecule has 6 nitrogen and oxygen atoms in total. The van der Waals surface area contributed by atoms with E-state index in [-0.39, 0.29) is 17.9 Å². The molecule has 0 unspecified atom stereocenters. The minimum absolute atomic E-state index is 0.165. The molecule has 0 aliphatic carbocycles. The molecule has 0 aliphatic rings. The summed E-state index contributed by atoms with van der Waals surface area (Å²) in [6.07, 6.45) is 0. The van der Waals surface area contributed by atoms with E-state index in [0.29, 0.717) is 23.3 Å². The lowest BCUT2D eigenvalue weighted by Gasteiger charge is -2.23. The highest BCUT2D eigenvalue weighted by molar-refractivity contribution is 6.13. The summed E-state index contributed by atoms with van der Waals surface area (Å²) in [5, 5.41) is 5.46. The van der Waals surface area contributed by atoms with Crippen molar-refractivity contribution in [3.63, 3.8) is 0 Å². The molecule has 0 aromatic rings. The summed E-state index contributed by atoms with van der Waals surface area (Å²) in [6.45, 7) is 5.07. The lowest BCUT2D eigenvalue weighted by Crippen LogP contribution is -2.54. The Bertz CT molecular complexity index is 226. The molecule has 0 aromatic heterocycles. The molecule has 0 atom stereocenters. The molecule has 16 heavy (non-hydrogen) atoms. The average molecular weight is 246 g/mol. The quantitative estimate of drug-likeness (QED) is 0.491. The molecule has 0 spiro atoms. The Hall–Kier alpha value is -1.24. The maximum atomic E-state index is 11.5. The molecule has 4 amide bonds. The Labute approximate surface area is 99.8 Å². The molecule has 0 saturated heterocycles. The van der Waals surface area contributed by atoms with Gasteiger partial charge in [-0.05, 0) is 13.8 Å². The molecule has 0 aromatic carbocycles. The van der Waals surface area contributed by atoms with Crippen molar-refractivity contribution in [2.75, 3.05) is 27.2 Å². The van der Waals surface area contributed by atoms with Crippen LogP contribution in [0, 0.1) is 0 Å². The summed E-state index contributed by atoms with van der Waals surface area (Å²) in [5.41, 5.74) is 0. The fourth-order valence-corrected chi connectivity index (χ4v) is 1.41. The van der Waals surface area contributed by atoms with Crippen LogP contribution in [-0.4, -0.2) is 65.1 Å². The topological polar surface area (TPSA) is 64.7 Å². The highest BCUT2D eigenvalue weighted by Gasteiger charge is 2.13. The zero-order valence-electron chi connectivity index (χ0n) is 10.7. The van der Waals surface area contributed by atoms with Crippen LogP contribution in [0.3, 0.4) is 0 Å². The van der Waals surface area contributed by atoms with Crippen molar-refractivity contribution >= 4 is 22.3 Å². The van der Waals surface area contributed by atoms with Crippen molar-refractivity contribution < 1.29 is 9.59 Å².